The number of hydrogen-bond donors (Lipinski definition) is 0. The average molecular weight is 832 g/mol. The van der Waals surface area contributed by atoms with Crippen LogP contribution >= 0.6 is 11.3 Å². The zero-order valence-electron chi connectivity index (χ0n) is 35.0. The Labute approximate surface area is 377 Å². The maximum absolute atomic E-state index is 2.41. The number of benzene rings is 11. The molecule has 0 saturated heterocycles. The molecule has 0 saturated carbocycles. The van der Waals surface area contributed by atoms with Gasteiger partial charge in [0.15, 0.2) is 0 Å². The fraction of sp³-hybridized carbons (Fsp3) is 0. The second kappa shape index (κ2) is 16.0. The molecule has 0 aliphatic carbocycles. The van der Waals surface area contributed by atoms with Crippen LogP contribution in [0.1, 0.15) is 0 Å². The third-order valence-corrected chi connectivity index (χ3v) is 13.8. The Bertz CT molecular complexity index is 3650. The molecule has 0 aliphatic rings. The predicted octanol–water partition coefficient (Wildman–Crippen LogP) is 18.2. The Morgan fingerprint density at radius 2 is 0.719 bits per heavy atom. The molecular formula is C62H41NS. The van der Waals surface area contributed by atoms with E-state index >= 15 is 0 Å². The highest BCUT2D eigenvalue weighted by atomic mass is 32.1. The summed E-state index contributed by atoms with van der Waals surface area (Å²) >= 11 is 1.86. The lowest BCUT2D eigenvalue weighted by molar-refractivity contribution is 1.28. The van der Waals surface area contributed by atoms with Gasteiger partial charge in [-0.1, -0.05) is 200 Å². The first kappa shape index (κ1) is 37.7. The second-order valence-corrected chi connectivity index (χ2v) is 17.6. The number of anilines is 3. The first-order valence-electron chi connectivity index (χ1n) is 21.9. The highest BCUT2D eigenvalue weighted by Gasteiger charge is 2.19. The van der Waals surface area contributed by atoms with Crippen molar-refractivity contribution in [2.24, 2.45) is 0 Å². The molecule has 11 aromatic carbocycles. The molecule has 300 valence electrons. The Hall–Kier alpha value is -8.04. The van der Waals surface area contributed by atoms with Crippen LogP contribution in [0.3, 0.4) is 0 Å². The summed E-state index contributed by atoms with van der Waals surface area (Å²) in [6, 6.07) is 90.9. The molecule has 64 heavy (non-hydrogen) atoms. The zero-order valence-corrected chi connectivity index (χ0v) is 35.8. The van der Waals surface area contributed by atoms with E-state index < -0.39 is 0 Å². The van der Waals surface area contributed by atoms with Crippen molar-refractivity contribution in [1.29, 1.82) is 0 Å². The fourth-order valence-electron chi connectivity index (χ4n) is 9.49. The minimum atomic E-state index is 1.09. The largest absolute Gasteiger partial charge is 0.310 e. The zero-order chi connectivity index (χ0) is 42.4. The Balaban J connectivity index is 0.939. The van der Waals surface area contributed by atoms with Gasteiger partial charge in [-0.25, -0.2) is 0 Å². The molecule has 12 rings (SSSR count). The topological polar surface area (TPSA) is 3.24 Å². The van der Waals surface area contributed by atoms with Crippen LogP contribution < -0.4 is 4.90 Å². The van der Waals surface area contributed by atoms with E-state index in [9.17, 15) is 0 Å². The van der Waals surface area contributed by atoms with Gasteiger partial charge < -0.3 is 4.90 Å². The van der Waals surface area contributed by atoms with Crippen molar-refractivity contribution in [2.75, 3.05) is 4.90 Å². The van der Waals surface area contributed by atoms with Gasteiger partial charge in [-0.3, -0.25) is 0 Å². The van der Waals surface area contributed by atoms with Crippen LogP contribution in [0.15, 0.2) is 249 Å². The lowest BCUT2D eigenvalue weighted by atomic mass is 9.93. The van der Waals surface area contributed by atoms with Gasteiger partial charge in [0.25, 0.3) is 0 Å². The number of hydrogen-bond acceptors (Lipinski definition) is 2. The van der Waals surface area contributed by atoms with Gasteiger partial charge in [-0.15, -0.1) is 11.3 Å². The minimum Gasteiger partial charge on any atom is -0.310 e. The molecule has 1 nitrogen and oxygen atoms in total. The highest BCUT2D eigenvalue weighted by molar-refractivity contribution is 7.25. The quantitative estimate of drug-likeness (QED) is 0.147. The van der Waals surface area contributed by atoms with Gasteiger partial charge >= 0.3 is 0 Å². The van der Waals surface area contributed by atoms with Crippen LogP contribution in [-0.4, -0.2) is 0 Å². The molecule has 0 amide bonds. The van der Waals surface area contributed by atoms with Crippen molar-refractivity contribution in [3.05, 3.63) is 249 Å². The summed E-state index contributed by atoms with van der Waals surface area (Å²) in [5.41, 5.74) is 15.4. The van der Waals surface area contributed by atoms with Crippen LogP contribution in [0.25, 0.3) is 97.4 Å². The maximum atomic E-state index is 2.41. The SMILES string of the molecule is c1ccc(-c2ccc3ccccc3c2)c(-c2ccc(N(c3ccc(-c4ccc(-c5cccc6ccccc56)cc4)cc3)c3ccccc3-c3ccc4c(c3)sc3ccccc34)cc2)c1. The monoisotopic (exact) mass is 831 g/mol. The summed E-state index contributed by atoms with van der Waals surface area (Å²) < 4.78 is 2.61. The van der Waals surface area contributed by atoms with E-state index in [1.54, 1.807) is 0 Å². The van der Waals surface area contributed by atoms with E-state index in [0.717, 1.165) is 17.1 Å². The van der Waals surface area contributed by atoms with Crippen LogP contribution in [-0.2, 0) is 0 Å². The summed E-state index contributed by atoms with van der Waals surface area (Å²) in [6.07, 6.45) is 0. The fourth-order valence-corrected chi connectivity index (χ4v) is 10.6. The molecular weight excluding hydrogens is 791 g/mol. The molecule has 0 bridgehead atoms. The summed E-state index contributed by atoms with van der Waals surface area (Å²) in [6.45, 7) is 0. The lowest BCUT2D eigenvalue weighted by Crippen LogP contribution is -2.11. The number of rotatable bonds is 8. The van der Waals surface area contributed by atoms with Crippen LogP contribution in [0.4, 0.5) is 17.1 Å². The third kappa shape index (κ3) is 6.82. The standard InChI is InChI=1S/C62H41NS/c1-2-14-48-40-49(29-26-42(48)12-1)56-18-6-5-17-54(56)47-32-37-52(38-33-47)63(60-22-9-7-19-57(60)50-34-39-59-58-20-8-10-23-61(58)64-62(59)41-50)51-35-30-44(31-36-51)43-24-27-46(28-25-43)55-21-11-15-45-13-3-4-16-53(45)55/h1-41H. The van der Waals surface area contributed by atoms with Crippen molar-refractivity contribution in [3.8, 4) is 55.6 Å². The molecule has 0 radical (unpaired) electrons. The molecule has 0 unspecified atom stereocenters. The van der Waals surface area contributed by atoms with Gasteiger partial charge in [-0.2, -0.15) is 0 Å². The van der Waals surface area contributed by atoms with E-state index in [1.807, 2.05) is 11.3 Å². The van der Waals surface area contributed by atoms with Gasteiger partial charge in [0.1, 0.15) is 0 Å². The Morgan fingerprint density at radius 3 is 1.48 bits per heavy atom. The van der Waals surface area contributed by atoms with Crippen molar-refractivity contribution >= 4 is 70.1 Å². The van der Waals surface area contributed by atoms with Crippen molar-refractivity contribution in [3.63, 3.8) is 0 Å². The lowest BCUT2D eigenvalue weighted by Gasteiger charge is -2.28. The highest BCUT2D eigenvalue weighted by Crippen LogP contribution is 2.44. The predicted molar refractivity (Wildman–Crippen MR) is 276 cm³/mol. The Morgan fingerprint density at radius 1 is 0.250 bits per heavy atom. The second-order valence-electron chi connectivity index (χ2n) is 16.5. The molecule has 12 aromatic rings. The summed E-state index contributed by atoms with van der Waals surface area (Å²) in [7, 11) is 0. The molecule has 0 atom stereocenters. The minimum absolute atomic E-state index is 1.09. The van der Waals surface area contributed by atoms with E-state index in [0.29, 0.717) is 0 Å². The molecule has 0 fully saturated rings. The average Bonchev–Trinajstić information content (AvgIpc) is 3.75. The van der Waals surface area contributed by atoms with Crippen molar-refractivity contribution in [2.45, 2.75) is 0 Å². The number of nitrogens with zero attached hydrogens (tertiary/aromatic N) is 1. The van der Waals surface area contributed by atoms with E-state index in [1.165, 1.54) is 97.4 Å². The van der Waals surface area contributed by atoms with Gasteiger partial charge in [0.2, 0.25) is 0 Å². The smallest absolute Gasteiger partial charge is 0.0540 e. The van der Waals surface area contributed by atoms with E-state index in [-0.39, 0.29) is 0 Å². The van der Waals surface area contributed by atoms with Crippen molar-refractivity contribution in [1.82, 2.24) is 0 Å². The molecule has 2 heteroatoms. The van der Waals surface area contributed by atoms with E-state index in [4.69, 9.17) is 0 Å². The molecule has 0 aliphatic heterocycles. The van der Waals surface area contributed by atoms with Gasteiger partial charge in [-0.05, 0) is 120 Å². The van der Waals surface area contributed by atoms with Crippen LogP contribution in [0, 0.1) is 0 Å². The summed E-state index contributed by atoms with van der Waals surface area (Å²) in [4.78, 5) is 2.41. The van der Waals surface area contributed by atoms with Gasteiger partial charge in [0.05, 0.1) is 5.69 Å². The molecule has 0 N–H and O–H groups in total. The maximum Gasteiger partial charge on any atom is 0.0540 e. The first-order chi connectivity index (χ1) is 31.7. The molecule has 0 spiro atoms. The number of fused-ring (bicyclic) bond motifs is 5. The Kier molecular flexibility index (Phi) is 9.43. The number of thiophene rings is 1. The molecule has 1 aromatic heterocycles. The van der Waals surface area contributed by atoms with Gasteiger partial charge in [0, 0.05) is 37.1 Å². The first-order valence-corrected chi connectivity index (χ1v) is 22.7. The summed E-state index contributed by atoms with van der Waals surface area (Å²) in [5, 5.41) is 7.64. The van der Waals surface area contributed by atoms with Crippen LogP contribution in [0.2, 0.25) is 0 Å². The van der Waals surface area contributed by atoms with E-state index in [2.05, 4.69) is 254 Å². The summed E-state index contributed by atoms with van der Waals surface area (Å²) in [5.74, 6) is 0. The molecule has 1 heterocycles. The number of para-hydroxylation sites is 1. The van der Waals surface area contributed by atoms with Crippen LogP contribution in [0.5, 0.6) is 0 Å². The van der Waals surface area contributed by atoms with Crippen molar-refractivity contribution < 1.29 is 0 Å². The third-order valence-electron chi connectivity index (χ3n) is 12.7. The normalized spacial score (nSPS) is 11.4.